The average molecular weight is 224 g/mol. The van der Waals surface area contributed by atoms with Crippen LogP contribution in [0.5, 0.6) is 0 Å². The molecular formula is C6H8BrClN2. The van der Waals surface area contributed by atoms with E-state index in [0.717, 1.165) is 16.8 Å². The van der Waals surface area contributed by atoms with Gasteiger partial charge in [0.2, 0.25) is 0 Å². The molecule has 0 unspecified atom stereocenters. The second-order valence-corrected chi connectivity index (χ2v) is 2.29. The summed E-state index contributed by atoms with van der Waals surface area (Å²) in [5, 5.41) is 0.802. The maximum atomic E-state index is 4.13. The molecule has 0 saturated heterocycles. The summed E-state index contributed by atoms with van der Waals surface area (Å²) in [5.41, 5.74) is 1.03. The predicted molar refractivity (Wildman–Crippen MR) is 46.6 cm³/mol. The molecule has 0 aromatic carbocycles. The van der Waals surface area contributed by atoms with Gasteiger partial charge in [0, 0.05) is 11.5 Å². The Morgan fingerprint density at radius 3 is 2.70 bits per heavy atom. The van der Waals surface area contributed by atoms with Crippen molar-refractivity contribution < 1.29 is 0 Å². The molecule has 0 atom stereocenters. The minimum Gasteiger partial charge on any atom is -0.242 e. The van der Waals surface area contributed by atoms with Gasteiger partial charge in [-0.25, -0.2) is 9.97 Å². The van der Waals surface area contributed by atoms with E-state index in [0.29, 0.717) is 0 Å². The maximum absolute atomic E-state index is 4.13. The summed E-state index contributed by atoms with van der Waals surface area (Å²) in [7, 11) is 0. The van der Waals surface area contributed by atoms with Crippen molar-refractivity contribution in [3.63, 3.8) is 0 Å². The third kappa shape index (κ3) is 2.62. The molecule has 0 bridgehead atoms. The summed E-state index contributed by atoms with van der Waals surface area (Å²) in [6.07, 6.45) is 1.76. The number of aryl methyl sites for hydroxylation is 1. The van der Waals surface area contributed by atoms with Crippen molar-refractivity contribution in [1.82, 2.24) is 9.97 Å². The Morgan fingerprint density at radius 2 is 2.30 bits per heavy atom. The topological polar surface area (TPSA) is 25.8 Å². The number of nitrogens with zero attached hydrogens (tertiary/aromatic N) is 2. The molecule has 1 heterocycles. The number of halogens is 2. The summed E-state index contributed by atoms with van der Waals surface area (Å²) < 4.78 is 0. The van der Waals surface area contributed by atoms with E-state index in [1.807, 2.05) is 13.0 Å². The largest absolute Gasteiger partial charge is 0.242 e. The van der Waals surface area contributed by atoms with Gasteiger partial charge in [-0.1, -0.05) is 15.9 Å². The molecule has 0 N–H and O–H groups in total. The summed E-state index contributed by atoms with van der Waals surface area (Å²) in [6, 6.07) is 1.89. The van der Waals surface area contributed by atoms with Crippen LogP contribution < -0.4 is 0 Å². The highest BCUT2D eigenvalue weighted by Gasteiger charge is 1.89. The van der Waals surface area contributed by atoms with Crippen molar-refractivity contribution in [2.75, 3.05) is 0 Å². The highest BCUT2D eigenvalue weighted by Crippen LogP contribution is 1.99. The van der Waals surface area contributed by atoms with Gasteiger partial charge in [-0.3, -0.25) is 0 Å². The quantitative estimate of drug-likeness (QED) is 0.682. The van der Waals surface area contributed by atoms with Crippen molar-refractivity contribution in [2.24, 2.45) is 0 Å². The van der Waals surface area contributed by atoms with E-state index in [9.17, 15) is 0 Å². The first-order valence-electron chi connectivity index (χ1n) is 2.67. The Labute approximate surface area is 74.6 Å². The van der Waals surface area contributed by atoms with Crippen LogP contribution in [0.4, 0.5) is 0 Å². The van der Waals surface area contributed by atoms with Crippen LogP contribution in [0.25, 0.3) is 0 Å². The first-order valence-corrected chi connectivity index (χ1v) is 3.79. The van der Waals surface area contributed by atoms with Gasteiger partial charge in [0.25, 0.3) is 0 Å². The van der Waals surface area contributed by atoms with Crippen LogP contribution in [-0.4, -0.2) is 9.97 Å². The average Bonchev–Trinajstić information content (AvgIpc) is 1.88. The standard InChI is InChI=1S/C6H7BrN2.ClH/c1-5-8-3-2-6(4-7)9-5;/h2-3H,4H2,1H3;1H. The summed E-state index contributed by atoms with van der Waals surface area (Å²) in [5.74, 6) is 0.826. The van der Waals surface area contributed by atoms with Crippen molar-refractivity contribution in [3.8, 4) is 0 Å². The van der Waals surface area contributed by atoms with Crippen molar-refractivity contribution in [3.05, 3.63) is 23.8 Å². The lowest BCUT2D eigenvalue weighted by Gasteiger charge is -1.92. The van der Waals surface area contributed by atoms with Crippen molar-refractivity contribution in [1.29, 1.82) is 0 Å². The van der Waals surface area contributed by atoms with Crippen LogP contribution >= 0.6 is 28.3 Å². The SMILES string of the molecule is Cc1nccc(CBr)n1.Cl. The fraction of sp³-hybridized carbons (Fsp3) is 0.333. The van der Waals surface area contributed by atoms with Crippen LogP contribution in [0.1, 0.15) is 11.5 Å². The van der Waals surface area contributed by atoms with Gasteiger partial charge in [0.05, 0.1) is 5.69 Å². The minimum absolute atomic E-state index is 0. The maximum Gasteiger partial charge on any atom is 0.125 e. The minimum atomic E-state index is 0. The van der Waals surface area contributed by atoms with E-state index in [1.165, 1.54) is 0 Å². The van der Waals surface area contributed by atoms with Gasteiger partial charge in [-0.15, -0.1) is 12.4 Å². The van der Waals surface area contributed by atoms with Gasteiger partial charge in [-0.05, 0) is 13.0 Å². The Hall–Kier alpha value is -0.150. The van der Waals surface area contributed by atoms with E-state index in [-0.39, 0.29) is 12.4 Å². The van der Waals surface area contributed by atoms with Crippen molar-refractivity contribution >= 4 is 28.3 Å². The van der Waals surface area contributed by atoms with E-state index in [4.69, 9.17) is 0 Å². The van der Waals surface area contributed by atoms with Gasteiger partial charge >= 0.3 is 0 Å². The fourth-order valence-electron chi connectivity index (χ4n) is 0.580. The highest BCUT2D eigenvalue weighted by molar-refractivity contribution is 9.08. The molecule has 0 spiro atoms. The van der Waals surface area contributed by atoms with Gasteiger partial charge in [0.1, 0.15) is 5.82 Å². The highest BCUT2D eigenvalue weighted by atomic mass is 79.9. The number of hydrogen-bond donors (Lipinski definition) is 0. The smallest absolute Gasteiger partial charge is 0.125 e. The molecule has 0 aliphatic rings. The lowest BCUT2D eigenvalue weighted by molar-refractivity contribution is 1.01. The Balaban J connectivity index is 0.000000810. The second kappa shape index (κ2) is 4.63. The van der Waals surface area contributed by atoms with Gasteiger partial charge in [-0.2, -0.15) is 0 Å². The zero-order chi connectivity index (χ0) is 6.69. The predicted octanol–water partition coefficient (Wildman–Crippen LogP) is 2.10. The van der Waals surface area contributed by atoms with E-state index in [2.05, 4.69) is 25.9 Å². The lowest BCUT2D eigenvalue weighted by Crippen LogP contribution is -1.89. The van der Waals surface area contributed by atoms with Gasteiger partial charge in [0.15, 0.2) is 0 Å². The number of hydrogen-bond acceptors (Lipinski definition) is 2. The fourth-order valence-corrected chi connectivity index (χ4v) is 0.892. The van der Waals surface area contributed by atoms with Crippen LogP contribution in [0.15, 0.2) is 12.3 Å². The molecule has 10 heavy (non-hydrogen) atoms. The molecule has 0 aliphatic carbocycles. The molecule has 0 aliphatic heterocycles. The molecule has 0 fully saturated rings. The second-order valence-electron chi connectivity index (χ2n) is 1.73. The van der Waals surface area contributed by atoms with E-state index < -0.39 is 0 Å². The monoisotopic (exact) mass is 222 g/mol. The van der Waals surface area contributed by atoms with Crippen LogP contribution in [0, 0.1) is 6.92 Å². The first kappa shape index (κ1) is 9.85. The zero-order valence-corrected chi connectivity index (χ0v) is 7.94. The number of alkyl halides is 1. The third-order valence-corrected chi connectivity index (χ3v) is 1.55. The molecule has 1 rings (SSSR count). The van der Waals surface area contributed by atoms with Crippen LogP contribution in [0.3, 0.4) is 0 Å². The molecule has 1 aromatic heterocycles. The molecule has 1 aromatic rings. The Bertz CT molecular complexity index is 205. The Kier molecular flexibility index (Phi) is 4.56. The van der Waals surface area contributed by atoms with Crippen LogP contribution in [-0.2, 0) is 5.33 Å². The molecule has 2 nitrogen and oxygen atoms in total. The first-order chi connectivity index (χ1) is 4.33. The van der Waals surface area contributed by atoms with E-state index in [1.54, 1.807) is 6.20 Å². The van der Waals surface area contributed by atoms with Crippen molar-refractivity contribution in [2.45, 2.75) is 12.3 Å². The molecular weight excluding hydrogens is 215 g/mol. The molecule has 0 saturated carbocycles. The molecule has 56 valence electrons. The third-order valence-electron chi connectivity index (χ3n) is 0.971. The number of aromatic nitrogens is 2. The summed E-state index contributed by atoms with van der Waals surface area (Å²) in [6.45, 7) is 1.88. The Morgan fingerprint density at radius 1 is 1.60 bits per heavy atom. The summed E-state index contributed by atoms with van der Waals surface area (Å²) in [4.78, 5) is 8.09. The zero-order valence-electron chi connectivity index (χ0n) is 5.54. The summed E-state index contributed by atoms with van der Waals surface area (Å²) >= 11 is 3.30. The molecule has 0 amide bonds. The van der Waals surface area contributed by atoms with Gasteiger partial charge < -0.3 is 0 Å². The number of rotatable bonds is 1. The molecule has 4 heteroatoms. The molecule has 0 radical (unpaired) electrons. The van der Waals surface area contributed by atoms with Crippen LogP contribution in [0.2, 0.25) is 0 Å². The normalized spacial score (nSPS) is 8.60. The lowest BCUT2D eigenvalue weighted by atomic mass is 10.4. The van der Waals surface area contributed by atoms with E-state index >= 15 is 0 Å².